The number of benzene rings is 1. The van der Waals surface area contributed by atoms with Crippen molar-refractivity contribution in [3.8, 4) is 5.75 Å². The van der Waals surface area contributed by atoms with Gasteiger partial charge in [-0.05, 0) is 25.5 Å². The van der Waals surface area contributed by atoms with Gasteiger partial charge in [0.1, 0.15) is 11.3 Å². The van der Waals surface area contributed by atoms with Gasteiger partial charge in [0.15, 0.2) is 17.4 Å². The van der Waals surface area contributed by atoms with Gasteiger partial charge in [-0.3, -0.25) is 14.4 Å². The third kappa shape index (κ3) is 4.48. The number of ketones is 1. The van der Waals surface area contributed by atoms with Gasteiger partial charge in [0.25, 0.3) is 17.6 Å². The van der Waals surface area contributed by atoms with E-state index in [4.69, 9.17) is 4.74 Å². The fourth-order valence-electron chi connectivity index (χ4n) is 2.89. The molecule has 8 nitrogen and oxygen atoms in total. The highest BCUT2D eigenvalue weighted by Crippen LogP contribution is 2.31. The highest BCUT2D eigenvalue weighted by molar-refractivity contribution is 6.43. The van der Waals surface area contributed by atoms with Crippen molar-refractivity contribution in [2.75, 3.05) is 19.0 Å². The van der Waals surface area contributed by atoms with Gasteiger partial charge in [-0.1, -0.05) is 6.92 Å². The third-order valence-electron chi connectivity index (χ3n) is 4.72. The molecule has 10 heteroatoms. The van der Waals surface area contributed by atoms with E-state index in [9.17, 15) is 28.3 Å². The molecule has 1 aromatic carbocycles. The topological polar surface area (TPSA) is 110 Å². The van der Waals surface area contributed by atoms with Crippen LogP contribution in [0.3, 0.4) is 0 Å². The van der Waals surface area contributed by atoms with Crippen LogP contribution in [0.5, 0.6) is 5.75 Å². The summed E-state index contributed by atoms with van der Waals surface area (Å²) in [4.78, 5) is 37.8. The first kappa shape index (κ1) is 23.0. The first-order valence-corrected chi connectivity index (χ1v) is 9.11. The summed E-state index contributed by atoms with van der Waals surface area (Å²) in [5, 5.41) is 14.1. The van der Waals surface area contributed by atoms with Crippen molar-refractivity contribution in [3.05, 3.63) is 46.8 Å². The van der Waals surface area contributed by atoms with E-state index in [1.165, 1.54) is 24.8 Å². The Bertz CT molecular complexity index is 983. The molecule has 1 aromatic heterocycles. The number of carbonyl (C=O) groups excluding carboxylic acids is 3. The lowest BCUT2D eigenvalue weighted by molar-refractivity contribution is -0.118. The normalized spacial score (nSPS) is 11.7. The van der Waals surface area contributed by atoms with E-state index in [0.29, 0.717) is 12.1 Å². The van der Waals surface area contributed by atoms with Crippen LogP contribution in [0, 0.1) is 18.6 Å². The molecule has 162 valence electrons. The van der Waals surface area contributed by atoms with E-state index in [1.54, 1.807) is 13.8 Å². The number of anilines is 1. The largest absolute Gasteiger partial charge is 0.493 e. The van der Waals surface area contributed by atoms with Gasteiger partial charge in [-0.25, -0.2) is 8.78 Å². The second kappa shape index (κ2) is 9.49. The Balaban J connectivity index is 2.40. The Kier molecular flexibility index (Phi) is 7.28. The maximum atomic E-state index is 13.4. The number of nitrogens with one attached hydrogen (secondary N) is 2. The zero-order valence-electron chi connectivity index (χ0n) is 17.0. The van der Waals surface area contributed by atoms with Crippen LogP contribution in [0.1, 0.15) is 39.9 Å². The number of aliphatic hydroxyl groups is 1. The fourth-order valence-corrected chi connectivity index (χ4v) is 2.89. The summed E-state index contributed by atoms with van der Waals surface area (Å²) in [6.07, 6.45) is 0.417. The van der Waals surface area contributed by atoms with Crippen molar-refractivity contribution >= 4 is 23.3 Å². The number of nitrogens with zero attached hydrogens (tertiary/aromatic N) is 1. The standard InChI is InChI=1S/C20H23F2N3O5/c1-5-11(9-26)23-20(29)17(27)16-18(30-4)15(10(2)25(16)3)19(28)24-12-6-7-13(21)14(22)8-12/h6-8,11,26H,5,9H2,1-4H3,(H,23,29)(H,24,28). The highest BCUT2D eigenvalue weighted by Gasteiger charge is 2.32. The second-order valence-corrected chi connectivity index (χ2v) is 6.57. The minimum Gasteiger partial charge on any atom is -0.493 e. The summed E-state index contributed by atoms with van der Waals surface area (Å²) in [6, 6.07) is 2.27. The van der Waals surface area contributed by atoms with Crippen molar-refractivity contribution in [2.45, 2.75) is 26.3 Å². The first-order chi connectivity index (χ1) is 14.2. The lowest BCUT2D eigenvalue weighted by Gasteiger charge is -2.14. The zero-order valence-corrected chi connectivity index (χ0v) is 17.0. The molecule has 30 heavy (non-hydrogen) atoms. The summed E-state index contributed by atoms with van der Waals surface area (Å²) in [5.41, 5.74) is 0.131. The lowest BCUT2D eigenvalue weighted by Crippen LogP contribution is -2.41. The van der Waals surface area contributed by atoms with E-state index in [0.717, 1.165) is 12.1 Å². The number of ether oxygens (including phenoxy) is 1. The van der Waals surface area contributed by atoms with Gasteiger partial charge in [-0.15, -0.1) is 0 Å². The Morgan fingerprint density at radius 2 is 1.90 bits per heavy atom. The Morgan fingerprint density at radius 1 is 1.23 bits per heavy atom. The molecule has 1 unspecified atom stereocenters. The van der Waals surface area contributed by atoms with Crippen LogP contribution < -0.4 is 15.4 Å². The summed E-state index contributed by atoms with van der Waals surface area (Å²) >= 11 is 0. The zero-order chi connectivity index (χ0) is 22.6. The molecule has 2 aromatic rings. The molecule has 0 saturated carbocycles. The average Bonchev–Trinajstić information content (AvgIpc) is 2.98. The smallest absolute Gasteiger partial charge is 0.294 e. The summed E-state index contributed by atoms with van der Waals surface area (Å²) in [5.74, 6) is -4.96. The van der Waals surface area contributed by atoms with Crippen LogP contribution >= 0.6 is 0 Å². The van der Waals surface area contributed by atoms with E-state index in [1.807, 2.05) is 0 Å². The molecule has 1 heterocycles. The molecule has 0 fully saturated rings. The minimum atomic E-state index is -1.13. The lowest BCUT2D eigenvalue weighted by atomic mass is 10.1. The molecule has 0 aliphatic carbocycles. The molecule has 0 aliphatic heterocycles. The van der Waals surface area contributed by atoms with Gasteiger partial charge < -0.3 is 25.0 Å². The molecule has 2 amide bonds. The van der Waals surface area contributed by atoms with Crippen molar-refractivity contribution in [1.29, 1.82) is 0 Å². The number of rotatable bonds is 8. The van der Waals surface area contributed by atoms with Crippen LogP contribution in [-0.2, 0) is 11.8 Å². The molecule has 0 radical (unpaired) electrons. The molecule has 0 spiro atoms. The van der Waals surface area contributed by atoms with E-state index < -0.39 is 35.3 Å². The predicted molar refractivity (Wildman–Crippen MR) is 105 cm³/mol. The van der Waals surface area contributed by atoms with Gasteiger partial charge in [0, 0.05) is 24.5 Å². The molecular weight excluding hydrogens is 400 g/mol. The van der Waals surface area contributed by atoms with Crippen LogP contribution in [0.25, 0.3) is 0 Å². The Labute approximate surface area is 171 Å². The van der Waals surface area contributed by atoms with Crippen molar-refractivity contribution in [2.24, 2.45) is 7.05 Å². The molecule has 3 N–H and O–H groups in total. The van der Waals surface area contributed by atoms with E-state index >= 15 is 0 Å². The number of hydrogen-bond donors (Lipinski definition) is 3. The number of carbonyl (C=O) groups is 3. The third-order valence-corrected chi connectivity index (χ3v) is 4.72. The summed E-state index contributed by atoms with van der Waals surface area (Å²) in [7, 11) is 2.72. The van der Waals surface area contributed by atoms with E-state index in [-0.39, 0.29) is 29.3 Å². The Morgan fingerprint density at radius 3 is 2.43 bits per heavy atom. The SMILES string of the molecule is CCC(CO)NC(=O)C(=O)c1c(OC)c(C(=O)Nc2ccc(F)c(F)c2)c(C)n1C. The first-order valence-electron chi connectivity index (χ1n) is 9.11. The quantitative estimate of drug-likeness (QED) is 0.444. The summed E-state index contributed by atoms with van der Waals surface area (Å²) < 4.78 is 33.1. The Hall–Kier alpha value is -3.27. The molecule has 0 saturated heterocycles. The fraction of sp³-hybridized carbons (Fsp3) is 0.350. The number of amides is 2. The number of Topliss-reactive ketones (excluding diaryl/α,β-unsaturated/α-hetero) is 1. The number of hydrogen-bond acceptors (Lipinski definition) is 5. The van der Waals surface area contributed by atoms with Gasteiger partial charge >= 0.3 is 0 Å². The monoisotopic (exact) mass is 423 g/mol. The number of aliphatic hydroxyl groups excluding tert-OH is 1. The van der Waals surface area contributed by atoms with Gasteiger partial charge in [-0.2, -0.15) is 0 Å². The second-order valence-electron chi connectivity index (χ2n) is 6.57. The molecule has 0 aliphatic rings. The molecule has 0 bridgehead atoms. The number of aromatic nitrogens is 1. The maximum Gasteiger partial charge on any atom is 0.294 e. The van der Waals surface area contributed by atoms with E-state index in [2.05, 4.69) is 10.6 Å². The van der Waals surface area contributed by atoms with Gasteiger partial charge in [0.05, 0.1) is 19.8 Å². The molecule has 2 rings (SSSR count). The number of halogens is 2. The maximum absolute atomic E-state index is 13.4. The molecule has 1 atom stereocenters. The van der Waals surface area contributed by atoms with Crippen molar-refractivity contribution < 1.29 is 33.0 Å². The van der Waals surface area contributed by atoms with Crippen LogP contribution in [-0.4, -0.2) is 47.0 Å². The minimum absolute atomic E-state index is 0.00330. The predicted octanol–water partition coefficient (Wildman–Crippen LogP) is 1.94. The van der Waals surface area contributed by atoms with Crippen molar-refractivity contribution in [3.63, 3.8) is 0 Å². The van der Waals surface area contributed by atoms with Crippen molar-refractivity contribution in [1.82, 2.24) is 9.88 Å². The average molecular weight is 423 g/mol. The summed E-state index contributed by atoms with van der Waals surface area (Å²) in [6.45, 7) is 2.94. The molecular formula is C20H23F2N3O5. The highest BCUT2D eigenvalue weighted by atomic mass is 19.2. The van der Waals surface area contributed by atoms with Gasteiger partial charge in [0.2, 0.25) is 0 Å². The number of methoxy groups -OCH3 is 1. The van der Waals surface area contributed by atoms with Crippen LogP contribution in [0.4, 0.5) is 14.5 Å². The van der Waals surface area contributed by atoms with Crippen LogP contribution in [0.2, 0.25) is 0 Å². The van der Waals surface area contributed by atoms with Crippen LogP contribution in [0.15, 0.2) is 18.2 Å².